The van der Waals surface area contributed by atoms with E-state index in [2.05, 4.69) is 45.4 Å². The van der Waals surface area contributed by atoms with Gasteiger partial charge in [-0.25, -0.2) is 40.9 Å². The number of nitrogens with one attached hydrogen (secondary N) is 2. The number of anilines is 2. The van der Waals surface area contributed by atoms with E-state index in [1.165, 1.54) is 29.9 Å². The minimum atomic E-state index is -4.02. The second-order valence-corrected chi connectivity index (χ2v) is 25.1. The summed E-state index contributed by atoms with van der Waals surface area (Å²) < 4.78 is 57.4. The molecule has 21 nitrogen and oxygen atoms in total. The fraction of sp³-hybridized carbons (Fsp3) is 0.419. The SMILES string of the molecule is [C-]#[N+]CCOP(=S)(OC[C@H]1O[C@@H](n2cnc3c(NC(=O)c4ccccc4)ncnc32)[C@@H](F)C1O)O[C@@H]1C(O[Si](C)(C)C(C)(C)C)[C@H](n2cnc3c(NC(=O)c4ccccc4)ncnc32)O[C@@H]1CO. The van der Waals surface area contributed by atoms with E-state index in [1.54, 1.807) is 65.2 Å². The number of nitrogens with zero attached hydrogens (tertiary/aromatic N) is 9. The Morgan fingerprint density at radius 3 is 1.88 bits per heavy atom. The normalized spacial score (nSPS) is 23.9. The Hall–Kier alpha value is -5.55. The van der Waals surface area contributed by atoms with E-state index in [1.807, 2.05) is 33.9 Å². The van der Waals surface area contributed by atoms with Gasteiger partial charge in [0, 0.05) is 11.1 Å². The average molecular weight is 990 g/mol. The highest BCUT2D eigenvalue weighted by Gasteiger charge is 2.54. The van der Waals surface area contributed by atoms with E-state index in [4.69, 9.17) is 45.8 Å². The summed E-state index contributed by atoms with van der Waals surface area (Å²) in [6, 6.07) is 17.1. The Kier molecular flexibility index (Phi) is 14.5. The summed E-state index contributed by atoms with van der Waals surface area (Å²) in [6.45, 7) is 12.1. The van der Waals surface area contributed by atoms with E-state index in [-0.39, 0.29) is 52.2 Å². The van der Waals surface area contributed by atoms with Gasteiger partial charge in [0.05, 0.1) is 25.9 Å². The lowest BCUT2D eigenvalue weighted by Gasteiger charge is -2.41. The topological polar surface area (TPSA) is 246 Å². The first-order valence-corrected chi connectivity index (χ1v) is 26.9. The van der Waals surface area contributed by atoms with Gasteiger partial charge in [-0.05, 0) is 54.2 Å². The van der Waals surface area contributed by atoms with Crippen molar-refractivity contribution in [1.82, 2.24) is 39.0 Å². The third kappa shape index (κ3) is 10.1. The Morgan fingerprint density at radius 2 is 1.37 bits per heavy atom. The molecule has 8 rings (SSSR count). The smallest absolute Gasteiger partial charge is 0.327 e. The molecule has 2 fully saturated rings. The van der Waals surface area contributed by atoms with Crippen molar-refractivity contribution < 1.29 is 51.7 Å². The summed E-state index contributed by atoms with van der Waals surface area (Å²) in [4.78, 5) is 55.5. The lowest BCUT2D eigenvalue weighted by Crippen LogP contribution is -2.49. The van der Waals surface area contributed by atoms with Gasteiger partial charge in [0.25, 0.3) is 11.8 Å². The molecule has 68 heavy (non-hydrogen) atoms. The number of carbonyl (C=O) groups excluding carboxylic acids is 2. The lowest BCUT2D eigenvalue weighted by molar-refractivity contribution is -0.0540. The standard InChI is InChI=1S/C43H49FN11O10PSSi/c1-43(2,3)68(5,6)65-34-33(27(19-56)62-42(34)55-24-51-31-36(47-22-49-38(31)55)53-40(59)26-15-11-8-12-16-26)64-66(67,60-18-17-45-4)61-20-28-32(57)29(44)41(63-28)54-23-50-30-35(46-21-48-37(30)54)52-39(58)25-13-9-7-10-14-25/h7-16,21-24,27-29,32-34,41-42,56-57H,17-20H2,1-3,5-6H3,(H,46,48,52,58)(H,47,49,53,59)/t27-,28-,29+,32?,33+,34?,41-,42-,66?/m1/s1. The van der Waals surface area contributed by atoms with Gasteiger partial charge in [-0.15, -0.1) is 0 Å². The van der Waals surface area contributed by atoms with Crippen LogP contribution in [0.3, 0.4) is 0 Å². The number of aromatic nitrogens is 8. The second-order valence-electron chi connectivity index (χ2n) is 17.4. The van der Waals surface area contributed by atoms with Crippen LogP contribution in [0.15, 0.2) is 86.0 Å². The number of benzene rings is 2. The summed E-state index contributed by atoms with van der Waals surface area (Å²) in [5, 5.41) is 27.2. The number of halogens is 1. The fourth-order valence-electron chi connectivity index (χ4n) is 7.32. The predicted molar refractivity (Wildman–Crippen MR) is 250 cm³/mol. The summed E-state index contributed by atoms with van der Waals surface area (Å²) in [6.07, 6.45) is -5.75. The molecule has 9 atom stereocenters. The van der Waals surface area contributed by atoms with Gasteiger partial charge in [0.2, 0.25) is 6.54 Å². The molecule has 2 saturated heterocycles. The Balaban J connectivity index is 1.05. The van der Waals surface area contributed by atoms with Gasteiger partial charge in [-0.3, -0.25) is 23.2 Å². The molecule has 3 unspecified atom stereocenters. The van der Waals surface area contributed by atoms with Crippen molar-refractivity contribution >= 4 is 72.6 Å². The molecule has 358 valence electrons. The van der Waals surface area contributed by atoms with Crippen LogP contribution in [0.4, 0.5) is 16.0 Å². The maximum atomic E-state index is 16.1. The van der Waals surface area contributed by atoms with Gasteiger partial charge < -0.3 is 48.6 Å². The van der Waals surface area contributed by atoms with Crippen LogP contribution < -0.4 is 10.6 Å². The van der Waals surface area contributed by atoms with Crippen molar-refractivity contribution in [3.05, 3.63) is 109 Å². The number of amides is 2. The molecule has 0 saturated carbocycles. The van der Waals surface area contributed by atoms with Crippen molar-refractivity contribution in [2.24, 2.45) is 0 Å². The Bertz CT molecular complexity index is 2850. The van der Waals surface area contributed by atoms with Gasteiger partial charge >= 0.3 is 6.72 Å². The number of carbonyl (C=O) groups is 2. The molecule has 0 aliphatic carbocycles. The largest absolute Gasteiger partial charge is 0.407 e. The first kappa shape index (κ1) is 48.9. The summed E-state index contributed by atoms with van der Waals surface area (Å²) in [7, 11) is -2.73. The van der Waals surface area contributed by atoms with Gasteiger partial charge in [-0.1, -0.05) is 57.2 Å². The first-order valence-electron chi connectivity index (χ1n) is 21.4. The number of imidazole rings is 2. The van der Waals surface area contributed by atoms with Crippen LogP contribution in [0, 0.1) is 6.57 Å². The zero-order valence-electron chi connectivity index (χ0n) is 37.4. The minimum Gasteiger partial charge on any atom is -0.407 e. The minimum absolute atomic E-state index is 0.0765. The van der Waals surface area contributed by atoms with E-state index < -0.39 is 89.2 Å². The average Bonchev–Trinajstić information content (AvgIpc) is 4.10. The molecule has 2 aliphatic heterocycles. The van der Waals surface area contributed by atoms with E-state index in [9.17, 15) is 19.8 Å². The van der Waals surface area contributed by atoms with E-state index >= 15 is 4.39 Å². The van der Waals surface area contributed by atoms with Crippen molar-refractivity contribution in [2.45, 2.75) is 88.1 Å². The van der Waals surface area contributed by atoms with Gasteiger partial charge in [-0.2, -0.15) is 0 Å². The molecule has 0 spiro atoms. The second kappa shape index (κ2) is 20.2. The number of rotatable bonds is 17. The molecule has 4 N–H and O–H groups in total. The van der Waals surface area contributed by atoms with Gasteiger partial charge in [0.15, 0.2) is 60.9 Å². The van der Waals surface area contributed by atoms with Crippen molar-refractivity contribution in [2.75, 3.05) is 37.0 Å². The number of fused-ring (bicyclic) bond motifs is 2. The molecule has 2 aromatic carbocycles. The van der Waals surface area contributed by atoms with E-state index in [0.29, 0.717) is 11.1 Å². The van der Waals surface area contributed by atoms with Crippen LogP contribution in [0.2, 0.25) is 18.1 Å². The highest BCUT2D eigenvalue weighted by molar-refractivity contribution is 8.07. The highest BCUT2D eigenvalue weighted by Crippen LogP contribution is 2.55. The third-order valence-electron chi connectivity index (χ3n) is 11.9. The number of hydrogen-bond acceptors (Lipinski definition) is 17. The molecular formula is C43H49FN11O10PSSi. The number of ether oxygens (including phenoxy) is 2. The quantitative estimate of drug-likeness (QED) is 0.0375. The van der Waals surface area contributed by atoms with Crippen molar-refractivity contribution in [3.63, 3.8) is 0 Å². The van der Waals surface area contributed by atoms with Gasteiger partial charge in [0.1, 0.15) is 49.8 Å². The molecule has 2 amide bonds. The number of alkyl halides is 1. The van der Waals surface area contributed by atoms with Crippen LogP contribution in [-0.2, 0) is 39.3 Å². The van der Waals surface area contributed by atoms with Crippen LogP contribution in [0.25, 0.3) is 27.2 Å². The third-order valence-corrected chi connectivity index (χ3v) is 18.7. The summed E-state index contributed by atoms with van der Waals surface area (Å²) in [5.74, 6) is -0.635. The van der Waals surface area contributed by atoms with Crippen LogP contribution in [-0.4, -0.2) is 132 Å². The van der Waals surface area contributed by atoms with Crippen molar-refractivity contribution in [1.29, 1.82) is 0 Å². The maximum Gasteiger partial charge on any atom is 0.327 e. The number of aliphatic hydroxyl groups excluding tert-OH is 2. The molecule has 4 aromatic heterocycles. The highest BCUT2D eigenvalue weighted by atomic mass is 32.5. The van der Waals surface area contributed by atoms with Crippen LogP contribution in [0.1, 0.15) is 53.9 Å². The zero-order valence-corrected chi connectivity index (χ0v) is 40.2. The number of hydrogen-bond donors (Lipinski definition) is 4. The summed E-state index contributed by atoms with van der Waals surface area (Å²) >= 11 is 5.98. The van der Waals surface area contributed by atoms with Crippen molar-refractivity contribution in [3.8, 4) is 0 Å². The maximum absolute atomic E-state index is 16.1. The first-order chi connectivity index (χ1) is 32.5. The molecule has 2 aliphatic rings. The Labute approximate surface area is 395 Å². The molecule has 6 heterocycles. The predicted octanol–water partition coefficient (Wildman–Crippen LogP) is 5.61. The summed E-state index contributed by atoms with van der Waals surface area (Å²) in [5.41, 5.74) is 1.57. The monoisotopic (exact) mass is 989 g/mol. The molecule has 25 heteroatoms. The lowest BCUT2D eigenvalue weighted by atomic mass is 10.1. The fourth-order valence-corrected chi connectivity index (χ4v) is 10.7. The number of aliphatic hydroxyl groups is 2. The van der Waals surface area contributed by atoms with Crippen LogP contribution >= 0.6 is 6.72 Å². The van der Waals surface area contributed by atoms with Crippen LogP contribution in [0.5, 0.6) is 0 Å². The molecular weight excluding hydrogens is 941 g/mol. The molecule has 0 radical (unpaired) electrons. The zero-order chi connectivity index (χ0) is 48.4. The molecule has 6 aromatic rings. The molecule has 0 bridgehead atoms. The Morgan fingerprint density at radius 1 is 0.838 bits per heavy atom. The van der Waals surface area contributed by atoms with E-state index in [0.717, 1.165) is 0 Å².